The molecule has 5 heteroatoms. The first-order chi connectivity index (χ1) is 17.3. The fourth-order valence-electron chi connectivity index (χ4n) is 4.92. The number of carbonyl (C=O) groups excluding carboxylic acids is 1. The number of carbonyl (C=O) groups is 1. The van der Waals surface area contributed by atoms with Gasteiger partial charge < -0.3 is 4.90 Å². The summed E-state index contributed by atoms with van der Waals surface area (Å²) in [5, 5.41) is 0. The number of hydrogen-bond acceptors (Lipinski definition) is 4. The van der Waals surface area contributed by atoms with Gasteiger partial charge in [0.05, 0.1) is 5.69 Å². The van der Waals surface area contributed by atoms with Gasteiger partial charge in [-0.1, -0.05) is 78.9 Å². The summed E-state index contributed by atoms with van der Waals surface area (Å²) in [6.07, 6.45) is 6.08. The molecule has 2 heterocycles. The van der Waals surface area contributed by atoms with Crippen molar-refractivity contribution < 1.29 is 4.79 Å². The van der Waals surface area contributed by atoms with Crippen LogP contribution in [0.1, 0.15) is 21.6 Å². The summed E-state index contributed by atoms with van der Waals surface area (Å²) in [5.74, 6) is 0.362. The number of amides is 1. The molecule has 3 aromatic carbocycles. The summed E-state index contributed by atoms with van der Waals surface area (Å²) < 4.78 is 0. The Kier molecular flexibility index (Phi) is 7.25. The first-order valence-electron chi connectivity index (χ1n) is 12.2. The number of benzene rings is 3. The van der Waals surface area contributed by atoms with Gasteiger partial charge in [0.1, 0.15) is 0 Å². The Labute approximate surface area is 207 Å². The Morgan fingerprint density at radius 2 is 1.57 bits per heavy atom. The van der Waals surface area contributed by atoms with E-state index in [-0.39, 0.29) is 11.8 Å². The van der Waals surface area contributed by atoms with Gasteiger partial charge in [0.2, 0.25) is 0 Å². The molecule has 1 aliphatic heterocycles. The monoisotopic (exact) mass is 462 g/mol. The maximum Gasteiger partial charge on any atom is 0.254 e. The molecule has 1 aromatic heterocycles. The lowest BCUT2D eigenvalue weighted by Crippen LogP contribution is -2.36. The third-order valence-electron chi connectivity index (χ3n) is 6.57. The molecule has 0 bridgehead atoms. The molecular weight excluding hydrogens is 432 g/mol. The smallest absolute Gasteiger partial charge is 0.254 e. The first-order valence-corrected chi connectivity index (χ1v) is 12.2. The van der Waals surface area contributed by atoms with Crippen LogP contribution in [-0.4, -0.2) is 51.9 Å². The second-order valence-corrected chi connectivity index (χ2v) is 9.15. The topological polar surface area (TPSA) is 49.3 Å². The first kappa shape index (κ1) is 22.9. The van der Waals surface area contributed by atoms with E-state index in [2.05, 4.69) is 51.3 Å². The highest BCUT2D eigenvalue weighted by molar-refractivity contribution is 6.00. The zero-order valence-corrected chi connectivity index (χ0v) is 19.8. The summed E-state index contributed by atoms with van der Waals surface area (Å²) >= 11 is 0. The van der Waals surface area contributed by atoms with E-state index in [1.165, 1.54) is 5.56 Å². The van der Waals surface area contributed by atoms with E-state index in [0.29, 0.717) is 13.1 Å². The van der Waals surface area contributed by atoms with Crippen LogP contribution in [0.4, 0.5) is 0 Å². The SMILES string of the molecule is O=C(c1ccccc1-c1ccccc1)N1CCN(Cc2ccccc2)CC(Cc2cnccn2)C1. The van der Waals surface area contributed by atoms with Crippen molar-refractivity contribution in [3.63, 3.8) is 0 Å². The summed E-state index contributed by atoms with van der Waals surface area (Å²) in [6, 6.07) is 28.7. The molecule has 0 N–H and O–H groups in total. The zero-order chi connectivity index (χ0) is 23.9. The van der Waals surface area contributed by atoms with Gasteiger partial charge in [-0.2, -0.15) is 0 Å². The molecule has 1 atom stereocenters. The molecule has 0 radical (unpaired) electrons. The summed E-state index contributed by atoms with van der Waals surface area (Å²) in [5.41, 5.74) is 5.06. The van der Waals surface area contributed by atoms with Crippen LogP contribution in [0.25, 0.3) is 11.1 Å². The summed E-state index contributed by atoms with van der Waals surface area (Å²) in [7, 11) is 0. The maximum absolute atomic E-state index is 13.9. The van der Waals surface area contributed by atoms with Crippen LogP contribution in [-0.2, 0) is 13.0 Å². The lowest BCUT2D eigenvalue weighted by atomic mass is 9.98. The van der Waals surface area contributed by atoms with E-state index >= 15 is 0 Å². The highest BCUT2D eigenvalue weighted by Gasteiger charge is 2.28. The van der Waals surface area contributed by atoms with Crippen molar-refractivity contribution in [1.29, 1.82) is 0 Å². The molecule has 176 valence electrons. The van der Waals surface area contributed by atoms with Gasteiger partial charge in [-0.3, -0.25) is 19.7 Å². The van der Waals surface area contributed by atoms with Gasteiger partial charge in [-0.05, 0) is 35.1 Å². The fraction of sp³-hybridized carbons (Fsp3) is 0.233. The van der Waals surface area contributed by atoms with Crippen LogP contribution in [0.2, 0.25) is 0 Å². The Bertz CT molecular complexity index is 1230. The molecule has 0 spiro atoms. The van der Waals surface area contributed by atoms with E-state index < -0.39 is 0 Å². The zero-order valence-electron chi connectivity index (χ0n) is 19.8. The molecular formula is C30H30N4O. The van der Waals surface area contributed by atoms with Gasteiger partial charge in [0, 0.05) is 56.9 Å². The van der Waals surface area contributed by atoms with Gasteiger partial charge in [-0.15, -0.1) is 0 Å². The maximum atomic E-state index is 13.9. The Morgan fingerprint density at radius 1 is 0.829 bits per heavy atom. The molecule has 1 unspecified atom stereocenters. The van der Waals surface area contributed by atoms with Gasteiger partial charge in [0.15, 0.2) is 0 Å². The second kappa shape index (κ2) is 11.1. The van der Waals surface area contributed by atoms with Crippen molar-refractivity contribution in [2.24, 2.45) is 5.92 Å². The molecule has 0 aliphatic carbocycles. The van der Waals surface area contributed by atoms with Crippen LogP contribution < -0.4 is 0 Å². The Morgan fingerprint density at radius 3 is 2.34 bits per heavy atom. The van der Waals surface area contributed by atoms with E-state index in [1.54, 1.807) is 12.4 Å². The van der Waals surface area contributed by atoms with Crippen LogP contribution in [0.15, 0.2) is 104 Å². The quantitative estimate of drug-likeness (QED) is 0.406. The molecule has 1 aliphatic rings. The fourth-order valence-corrected chi connectivity index (χ4v) is 4.92. The Balaban J connectivity index is 1.40. The van der Waals surface area contributed by atoms with Gasteiger partial charge >= 0.3 is 0 Å². The lowest BCUT2D eigenvalue weighted by molar-refractivity contribution is 0.0746. The molecule has 35 heavy (non-hydrogen) atoms. The average molecular weight is 463 g/mol. The molecule has 0 saturated carbocycles. The van der Waals surface area contributed by atoms with Crippen molar-refractivity contribution in [3.8, 4) is 11.1 Å². The minimum Gasteiger partial charge on any atom is -0.337 e. The molecule has 1 amide bonds. The highest BCUT2D eigenvalue weighted by Crippen LogP contribution is 2.26. The third kappa shape index (κ3) is 5.81. The van der Waals surface area contributed by atoms with Crippen LogP contribution in [0.3, 0.4) is 0 Å². The molecule has 4 aromatic rings. The largest absolute Gasteiger partial charge is 0.337 e. The number of aromatic nitrogens is 2. The molecule has 1 saturated heterocycles. The highest BCUT2D eigenvalue weighted by atomic mass is 16.2. The minimum atomic E-state index is 0.0927. The summed E-state index contributed by atoms with van der Waals surface area (Å²) in [4.78, 5) is 27.2. The number of hydrogen-bond donors (Lipinski definition) is 0. The standard InChI is InChI=1S/C30H30N4O/c35-30(29-14-8-7-13-28(29)26-11-5-2-6-12-26)34-18-17-33(21-24-9-3-1-4-10-24)22-25(23-34)19-27-20-31-15-16-32-27/h1-16,20,25H,17-19,21-23H2. The van der Waals surface area contributed by atoms with Crippen molar-refractivity contribution in [2.75, 3.05) is 26.2 Å². The van der Waals surface area contributed by atoms with Crippen LogP contribution >= 0.6 is 0 Å². The van der Waals surface area contributed by atoms with Crippen LogP contribution in [0.5, 0.6) is 0 Å². The molecule has 1 fully saturated rings. The van der Waals surface area contributed by atoms with Crippen molar-refractivity contribution in [1.82, 2.24) is 19.8 Å². The Hall–Kier alpha value is -3.83. The lowest BCUT2D eigenvalue weighted by Gasteiger charge is -2.25. The predicted molar refractivity (Wildman–Crippen MR) is 139 cm³/mol. The average Bonchev–Trinajstić information content (AvgIpc) is 3.12. The molecule has 5 rings (SSSR count). The van der Waals surface area contributed by atoms with Crippen LogP contribution in [0, 0.1) is 5.92 Å². The number of rotatable bonds is 6. The number of nitrogens with zero attached hydrogens (tertiary/aromatic N) is 4. The summed E-state index contributed by atoms with van der Waals surface area (Å²) in [6.45, 7) is 4.02. The van der Waals surface area contributed by atoms with E-state index in [9.17, 15) is 4.79 Å². The van der Waals surface area contributed by atoms with E-state index in [1.807, 2.05) is 59.6 Å². The van der Waals surface area contributed by atoms with Crippen molar-refractivity contribution in [2.45, 2.75) is 13.0 Å². The third-order valence-corrected chi connectivity index (χ3v) is 6.57. The normalized spacial score (nSPS) is 16.6. The van der Waals surface area contributed by atoms with E-state index in [0.717, 1.165) is 48.4 Å². The van der Waals surface area contributed by atoms with Gasteiger partial charge in [-0.25, -0.2) is 0 Å². The van der Waals surface area contributed by atoms with Crippen molar-refractivity contribution >= 4 is 5.91 Å². The van der Waals surface area contributed by atoms with Gasteiger partial charge in [0.25, 0.3) is 5.91 Å². The van der Waals surface area contributed by atoms with Crippen molar-refractivity contribution in [3.05, 3.63) is 120 Å². The molecule has 5 nitrogen and oxygen atoms in total. The second-order valence-electron chi connectivity index (χ2n) is 9.15. The van der Waals surface area contributed by atoms with E-state index in [4.69, 9.17) is 0 Å². The minimum absolute atomic E-state index is 0.0927. The predicted octanol–water partition coefficient (Wildman–Crippen LogP) is 4.96.